The number of hydrogen-bond acceptors (Lipinski definition) is 5. The maximum Gasteiger partial charge on any atom is 0.274 e. The molecule has 0 aliphatic carbocycles. The third-order valence-electron chi connectivity index (χ3n) is 3.98. The molecule has 0 fully saturated rings. The van der Waals surface area contributed by atoms with Gasteiger partial charge in [-0.1, -0.05) is 23.2 Å². The van der Waals surface area contributed by atoms with Gasteiger partial charge in [-0.2, -0.15) is 5.10 Å². The number of anilines is 1. The minimum absolute atomic E-state index is 0.126. The van der Waals surface area contributed by atoms with E-state index in [-0.39, 0.29) is 29.3 Å². The number of halogens is 2. The number of rotatable bonds is 6. The topological polar surface area (TPSA) is 106 Å². The van der Waals surface area contributed by atoms with E-state index in [2.05, 4.69) is 20.7 Å². The summed E-state index contributed by atoms with van der Waals surface area (Å²) in [4.78, 5) is 40.8. The van der Waals surface area contributed by atoms with Crippen molar-refractivity contribution in [2.45, 2.75) is 13.8 Å². The van der Waals surface area contributed by atoms with Crippen molar-refractivity contribution < 1.29 is 14.4 Å². The Morgan fingerprint density at radius 3 is 2.57 bits per heavy atom. The van der Waals surface area contributed by atoms with E-state index in [1.165, 1.54) is 36.0 Å². The Kier molecular flexibility index (Phi) is 6.49. The van der Waals surface area contributed by atoms with E-state index in [9.17, 15) is 14.4 Å². The molecule has 30 heavy (non-hydrogen) atoms. The summed E-state index contributed by atoms with van der Waals surface area (Å²) >= 11 is 12.2. The van der Waals surface area contributed by atoms with Crippen molar-refractivity contribution in [3.05, 3.63) is 69.6 Å². The molecule has 0 aliphatic heterocycles. The zero-order valence-corrected chi connectivity index (χ0v) is 17.6. The second kappa shape index (κ2) is 9.06. The first-order valence-corrected chi connectivity index (χ1v) is 9.58. The average molecular weight is 446 g/mol. The first-order chi connectivity index (χ1) is 14.3. The highest BCUT2D eigenvalue weighted by molar-refractivity contribution is 6.32. The van der Waals surface area contributed by atoms with Crippen LogP contribution in [0.4, 0.5) is 5.69 Å². The highest BCUT2D eigenvalue weighted by Crippen LogP contribution is 2.24. The maximum atomic E-state index is 13.0. The van der Waals surface area contributed by atoms with Crippen LogP contribution in [0, 0.1) is 6.92 Å². The van der Waals surface area contributed by atoms with E-state index in [4.69, 9.17) is 23.2 Å². The van der Waals surface area contributed by atoms with Crippen molar-refractivity contribution in [2.24, 2.45) is 0 Å². The third-order valence-corrected chi connectivity index (χ3v) is 4.51. The van der Waals surface area contributed by atoms with Crippen LogP contribution in [0.3, 0.4) is 0 Å². The lowest BCUT2D eigenvalue weighted by Crippen LogP contribution is -2.29. The van der Waals surface area contributed by atoms with Crippen LogP contribution in [0.15, 0.2) is 42.6 Å². The summed E-state index contributed by atoms with van der Waals surface area (Å²) in [5, 5.41) is 10.1. The van der Waals surface area contributed by atoms with E-state index >= 15 is 0 Å². The first-order valence-electron chi connectivity index (χ1n) is 8.82. The minimum atomic E-state index is -0.541. The Balaban J connectivity index is 1.94. The largest absolute Gasteiger partial charge is 0.345 e. The number of hydrogen-bond donors (Lipinski definition) is 2. The van der Waals surface area contributed by atoms with Crippen LogP contribution in [0.2, 0.25) is 10.0 Å². The molecule has 0 bridgehead atoms. The number of carbonyl (C=O) groups excluding carboxylic acids is 3. The molecule has 3 aromatic rings. The number of pyridine rings is 1. The molecule has 154 valence electrons. The number of ketones is 1. The fraction of sp³-hybridized carbons (Fsp3) is 0.150. The Morgan fingerprint density at radius 1 is 1.10 bits per heavy atom. The van der Waals surface area contributed by atoms with Crippen molar-refractivity contribution in [3.63, 3.8) is 0 Å². The van der Waals surface area contributed by atoms with Crippen LogP contribution in [0.1, 0.15) is 33.5 Å². The van der Waals surface area contributed by atoms with Crippen LogP contribution in [-0.2, 0) is 4.79 Å². The van der Waals surface area contributed by atoms with E-state index in [1.54, 1.807) is 25.1 Å². The van der Waals surface area contributed by atoms with Gasteiger partial charge in [0.2, 0.25) is 0 Å². The Bertz CT molecular complexity index is 1140. The Morgan fingerprint density at radius 2 is 1.87 bits per heavy atom. The second-order valence-corrected chi connectivity index (χ2v) is 7.26. The van der Waals surface area contributed by atoms with Gasteiger partial charge in [-0.25, -0.2) is 9.67 Å². The van der Waals surface area contributed by atoms with Gasteiger partial charge in [0.05, 0.1) is 28.5 Å². The highest BCUT2D eigenvalue weighted by Gasteiger charge is 2.20. The molecular weight excluding hydrogens is 429 g/mol. The molecule has 0 atom stereocenters. The SMILES string of the molecule is CC(=O)CNC(=O)c1ccc(Cl)cc1NC(=O)c1cc(C)nn1-c1ncccc1Cl. The van der Waals surface area contributed by atoms with Crippen molar-refractivity contribution in [3.8, 4) is 5.82 Å². The lowest BCUT2D eigenvalue weighted by Gasteiger charge is -2.12. The fourth-order valence-electron chi connectivity index (χ4n) is 2.66. The lowest BCUT2D eigenvalue weighted by atomic mass is 10.1. The van der Waals surface area contributed by atoms with Gasteiger partial charge >= 0.3 is 0 Å². The summed E-state index contributed by atoms with van der Waals surface area (Å²) in [6.07, 6.45) is 1.54. The number of Topliss-reactive ketones (excluding diaryl/α,β-unsaturated/α-hetero) is 1. The van der Waals surface area contributed by atoms with Crippen LogP contribution in [0.5, 0.6) is 0 Å². The molecule has 8 nitrogen and oxygen atoms in total. The van der Waals surface area contributed by atoms with Gasteiger partial charge in [-0.15, -0.1) is 0 Å². The second-order valence-electron chi connectivity index (χ2n) is 6.42. The zero-order chi connectivity index (χ0) is 21.8. The molecule has 3 rings (SSSR count). The summed E-state index contributed by atoms with van der Waals surface area (Å²) in [6.45, 7) is 2.96. The van der Waals surface area contributed by atoms with Crippen LogP contribution < -0.4 is 10.6 Å². The summed E-state index contributed by atoms with van der Waals surface area (Å²) in [5.74, 6) is -0.965. The molecule has 0 saturated heterocycles. The van der Waals surface area contributed by atoms with E-state index < -0.39 is 11.8 Å². The lowest BCUT2D eigenvalue weighted by molar-refractivity contribution is -0.116. The molecule has 0 spiro atoms. The number of aromatic nitrogens is 3. The van der Waals surface area contributed by atoms with Gasteiger partial charge < -0.3 is 10.6 Å². The number of aryl methyl sites for hydroxylation is 1. The summed E-state index contributed by atoms with van der Waals surface area (Å²) < 4.78 is 1.33. The van der Waals surface area contributed by atoms with Crippen LogP contribution in [-0.4, -0.2) is 38.9 Å². The van der Waals surface area contributed by atoms with E-state index in [1.807, 2.05) is 0 Å². The van der Waals surface area contributed by atoms with Gasteiger partial charge in [0.25, 0.3) is 11.8 Å². The van der Waals surface area contributed by atoms with Crippen LogP contribution >= 0.6 is 23.2 Å². The maximum absolute atomic E-state index is 13.0. The van der Waals surface area contributed by atoms with Crippen molar-refractivity contribution in [1.82, 2.24) is 20.1 Å². The fourth-order valence-corrected chi connectivity index (χ4v) is 3.03. The Labute approximate surface area is 182 Å². The van der Waals surface area contributed by atoms with Gasteiger partial charge in [-0.05, 0) is 50.2 Å². The normalized spacial score (nSPS) is 10.5. The van der Waals surface area contributed by atoms with Crippen LogP contribution in [0.25, 0.3) is 5.82 Å². The van der Waals surface area contributed by atoms with Gasteiger partial charge in [-0.3, -0.25) is 14.4 Å². The molecule has 10 heteroatoms. The highest BCUT2D eigenvalue weighted by atomic mass is 35.5. The smallest absolute Gasteiger partial charge is 0.274 e. The summed E-state index contributed by atoms with van der Waals surface area (Å²) in [5.41, 5.74) is 1.09. The number of carbonyl (C=O) groups is 3. The molecule has 2 N–H and O–H groups in total. The number of nitrogens with one attached hydrogen (secondary N) is 2. The van der Waals surface area contributed by atoms with Crippen molar-refractivity contribution in [2.75, 3.05) is 11.9 Å². The molecule has 2 amide bonds. The number of amides is 2. The molecule has 0 radical (unpaired) electrons. The monoisotopic (exact) mass is 445 g/mol. The average Bonchev–Trinajstić information content (AvgIpc) is 3.08. The number of nitrogens with zero attached hydrogens (tertiary/aromatic N) is 3. The summed E-state index contributed by atoms with van der Waals surface area (Å²) in [6, 6.07) is 9.30. The molecule has 0 unspecified atom stereocenters. The number of benzene rings is 1. The van der Waals surface area contributed by atoms with Gasteiger partial charge in [0.1, 0.15) is 11.5 Å². The van der Waals surface area contributed by atoms with Gasteiger partial charge in [0.15, 0.2) is 5.82 Å². The third kappa shape index (κ3) is 4.84. The van der Waals surface area contributed by atoms with Crippen molar-refractivity contribution >= 4 is 46.5 Å². The molecule has 1 aromatic carbocycles. The van der Waals surface area contributed by atoms with Gasteiger partial charge in [0, 0.05) is 11.2 Å². The molecule has 2 aromatic heterocycles. The first kappa shape index (κ1) is 21.5. The molecule has 2 heterocycles. The summed E-state index contributed by atoms with van der Waals surface area (Å²) in [7, 11) is 0. The Hall–Kier alpha value is -3.23. The quantitative estimate of drug-likeness (QED) is 0.604. The molecule has 0 aliphatic rings. The predicted molar refractivity (Wildman–Crippen MR) is 114 cm³/mol. The zero-order valence-electron chi connectivity index (χ0n) is 16.1. The van der Waals surface area contributed by atoms with E-state index in [0.29, 0.717) is 21.6 Å². The standard InChI is InChI=1S/C20H17Cl2N5O3/c1-11-8-17(27(26-11)18-15(22)4-3-7-23-18)20(30)25-16-9-13(21)5-6-14(16)19(29)24-10-12(2)28/h3-9H,10H2,1-2H3,(H,24,29)(H,25,30). The molecule has 0 saturated carbocycles. The van der Waals surface area contributed by atoms with Crippen molar-refractivity contribution in [1.29, 1.82) is 0 Å². The molecular formula is C20H17Cl2N5O3. The van der Waals surface area contributed by atoms with E-state index in [0.717, 1.165) is 0 Å². The predicted octanol–water partition coefficient (Wildman–Crippen LogP) is 3.45. The minimum Gasteiger partial charge on any atom is -0.345 e.